The second-order valence-corrected chi connectivity index (χ2v) is 9.25. The summed E-state index contributed by atoms with van der Waals surface area (Å²) in [5.74, 6) is 0.208. The van der Waals surface area contributed by atoms with E-state index in [0.29, 0.717) is 48.2 Å². The molecule has 2 heterocycles. The second-order valence-electron chi connectivity index (χ2n) is 6.50. The number of rotatable bonds is 5. The molecule has 150 valence electrons. The number of hydrogen-bond donors (Lipinski definition) is 2. The summed E-state index contributed by atoms with van der Waals surface area (Å²) in [7, 11) is -3.52. The summed E-state index contributed by atoms with van der Waals surface area (Å²) in [4.78, 5) is 16.1. The molecule has 0 aliphatic carbocycles. The summed E-state index contributed by atoms with van der Waals surface area (Å²) in [6.45, 7) is 1.30. The molecule has 3 rings (SSSR count). The number of anilines is 1. The quantitative estimate of drug-likeness (QED) is 0.739. The molecular formula is C18H20Cl2N4O3S. The number of aromatic nitrogens is 1. The number of nitrogens with one attached hydrogen (secondary N) is 2. The van der Waals surface area contributed by atoms with Crippen molar-refractivity contribution in [1.82, 2.24) is 14.6 Å². The smallest absolute Gasteiger partial charge is 0.319 e. The van der Waals surface area contributed by atoms with Crippen molar-refractivity contribution in [2.75, 3.05) is 25.0 Å². The fraction of sp³-hybridized carbons (Fsp3) is 0.333. The van der Waals surface area contributed by atoms with Gasteiger partial charge in [0.15, 0.2) is 0 Å². The molecule has 10 heteroatoms. The van der Waals surface area contributed by atoms with E-state index in [9.17, 15) is 13.2 Å². The van der Waals surface area contributed by atoms with Gasteiger partial charge in [-0.15, -0.1) is 0 Å². The van der Waals surface area contributed by atoms with E-state index in [1.165, 1.54) is 10.5 Å². The van der Waals surface area contributed by atoms with Crippen molar-refractivity contribution in [3.63, 3.8) is 0 Å². The first kappa shape index (κ1) is 20.9. The summed E-state index contributed by atoms with van der Waals surface area (Å²) in [6.07, 6.45) is 4.25. The SMILES string of the molecule is O=C(NCC1CCN(S(=O)(=O)c2cccnc2)CC1)Nc1ccc(Cl)c(Cl)c1. The van der Waals surface area contributed by atoms with Gasteiger partial charge >= 0.3 is 6.03 Å². The van der Waals surface area contributed by atoms with Gasteiger partial charge in [0.1, 0.15) is 4.90 Å². The van der Waals surface area contributed by atoms with Gasteiger partial charge in [-0.05, 0) is 49.1 Å². The van der Waals surface area contributed by atoms with E-state index in [4.69, 9.17) is 23.2 Å². The normalized spacial score (nSPS) is 15.9. The molecule has 0 atom stereocenters. The number of carbonyl (C=O) groups excluding carboxylic acids is 1. The van der Waals surface area contributed by atoms with E-state index < -0.39 is 10.0 Å². The van der Waals surface area contributed by atoms with Crippen molar-refractivity contribution in [2.45, 2.75) is 17.7 Å². The Labute approximate surface area is 174 Å². The van der Waals surface area contributed by atoms with Crippen molar-refractivity contribution in [2.24, 2.45) is 5.92 Å². The molecule has 2 amide bonds. The second kappa shape index (κ2) is 9.09. The van der Waals surface area contributed by atoms with Gasteiger partial charge < -0.3 is 10.6 Å². The average molecular weight is 443 g/mol. The van der Waals surface area contributed by atoms with Gasteiger partial charge in [0.25, 0.3) is 0 Å². The lowest BCUT2D eigenvalue weighted by atomic mass is 9.98. The van der Waals surface area contributed by atoms with Gasteiger partial charge in [0.05, 0.1) is 10.0 Å². The zero-order chi connectivity index (χ0) is 20.1. The fourth-order valence-electron chi connectivity index (χ4n) is 2.99. The van der Waals surface area contributed by atoms with Crippen LogP contribution in [0.3, 0.4) is 0 Å². The van der Waals surface area contributed by atoms with Crippen LogP contribution in [0, 0.1) is 5.92 Å². The maximum Gasteiger partial charge on any atom is 0.319 e. The lowest BCUT2D eigenvalue weighted by molar-refractivity contribution is 0.240. The Morgan fingerprint density at radius 2 is 1.93 bits per heavy atom. The lowest BCUT2D eigenvalue weighted by Crippen LogP contribution is -2.42. The first-order valence-electron chi connectivity index (χ1n) is 8.76. The van der Waals surface area contributed by atoms with Crippen LogP contribution < -0.4 is 10.6 Å². The number of hydrogen-bond acceptors (Lipinski definition) is 4. The van der Waals surface area contributed by atoms with Gasteiger partial charge in [0.2, 0.25) is 10.0 Å². The van der Waals surface area contributed by atoms with Crippen LogP contribution in [0.4, 0.5) is 10.5 Å². The maximum absolute atomic E-state index is 12.6. The Morgan fingerprint density at radius 1 is 1.18 bits per heavy atom. The summed E-state index contributed by atoms with van der Waals surface area (Å²) in [5, 5.41) is 6.29. The molecule has 0 bridgehead atoms. The van der Waals surface area contributed by atoms with Crippen molar-refractivity contribution >= 4 is 44.9 Å². The Hall–Kier alpha value is -1.87. The van der Waals surface area contributed by atoms with Crippen LogP contribution >= 0.6 is 23.2 Å². The molecule has 1 aliphatic rings. The molecule has 1 aliphatic heterocycles. The highest BCUT2D eigenvalue weighted by molar-refractivity contribution is 7.89. The third kappa shape index (κ3) is 5.14. The Kier molecular flexibility index (Phi) is 6.77. The highest BCUT2D eigenvalue weighted by Crippen LogP contribution is 2.25. The molecule has 1 aromatic heterocycles. The van der Waals surface area contributed by atoms with Gasteiger partial charge in [-0.25, -0.2) is 13.2 Å². The summed E-state index contributed by atoms with van der Waals surface area (Å²) in [6, 6.07) is 7.65. The fourth-order valence-corrected chi connectivity index (χ4v) is 4.72. The minimum absolute atomic E-state index is 0.201. The molecule has 0 unspecified atom stereocenters. The van der Waals surface area contributed by atoms with E-state index in [0.717, 1.165) is 0 Å². The van der Waals surface area contributed by atoms with Crippen LogP contribution in [-0.4, -0.2) is 43.4 Å². The number of pyridine rings is 1. The van der Waals surface area contributed by atoms with Gasteiger partial charge in [-0.1, -0.05) is 23.2 Å². The van der Waals surface area contributed by atoms with Crippen LogP contribution in [0.5, 0.6) is 0 Å². The standard InChI is InChI=1S/C18H20Cl2N4O3S/c19-16-4-3-14(10-17(16)20)23-18(25)22-11-13-5-8-24(9-6-13)28(26,27)15-2-1-7-21-12-15/h1-4,7,10,12-13H,5-6,8-9,11H2,(H2,22,23,25). The molecule has 2 N–H and O–H groups in total. The maximum atomic E-state index is 12.6. The largest absolute Gasteiger partial charge is 0.338 e. The minimum Gasteiger partial charge on any atom is -0.338 e. The molecule has 1 fully saturated rings. The molecule has 28 heavy (non-hydrogen) atoms. The van der Waals surface area contributed by atoms with Crippen molar-refractivity contribution < 1.29 is 13.2 Å². The van der Waals surface area contributed by atoms with Crippen molar-refractivity contribution in [3.05, 3.63) is 52.8 Å². The number of sulfonamides is 1. The van der Waals surface area contributed by atoms with E-state index in [2.05, 4.69) is 15.6 Å². The lowest BCUT2D eigenvalue weighted by Gasteiger charge is -2.31. The summed E-state index contributed by atoms with van der Waals surface area (Å²) < 4.78 is 26.7. The van der Waals surface area contributed by atoms with Gasteiger partial charge in [-0.2, -0.15) is 4.31 Å². The number of carbonyl (C=O) groups is 1. The third-order valence-electron chi connectivity index (χ3n) is 4.57. The van der Waals surface area contributed by atoms with Gasteiger partial charge in [-0.3, -0.25) is 4.98 Å². The predicted octanol–water partition coefficient (Wildman–Crippen LogP) is 3.61. The van der Waals surface area contributed by atoms with Crippen LogP contribution in [0.25, 0.3) is 0 Å². The molecular weight excluding hydrogens is 423 g/mol. The molecule has 1 aromatic carbocycles. The van der Waals surface area contributed by atoms with E-state index in [1.807, 2.05) is 0 Å². The average Bonchev–Trinajstić information content (AvgIpc) is 2.70. The number of halogens is 2. The number of benzene rings is 1. The van der Waals surface area contributed by atoms with E-state index in [-0.39, 0.29) is 16.8 Å². The Morgan fingerprint density at radius 3 is 2.57 bits per heavy atom. The minimum atomic E-state index is -3.52. The molecule has 1 saturated heterocycles. The van der Waals surface area contributed by atoms with Crippen molar-refractivity contribution in [3.8, 4) is 0 Å². The predicted molar refractivity (Wildman–Crippen MR) is 109 cm³/mol. The zero-order valence-corrected chi connectivity index (χ0v) is 17.3. The molecule has 0 saturated carbocycles. The van der Waals surface area contributed by atoms with Gasteiger partial charge in [0, 0.05) is 37.7 Å². The number of amides is 2. The van der Waals surface area contributed by atoms with E-state index >= 15 is 0 Å². The first-order chi connectivity index (χ1) is 13.4. The first-order valence-corrected chi connectivity index (χ1v) is 11.0. The Balaban J connectivity index is 1.46. The molecule has 2 aromatic rings. The number of nitrogens with zero attached hydrogens (tertiary/aromatic N) is 2. The van der Waals surface area contributed by atoms with Crippen LogP contribution in [0.1, 0.15) is 12.8 Å². The highest BCUT2D eigenvalue weighted by Gasteiger charge is 2.29. The third-order valence-corrected chi connectivity index (χ3v) is 7.20. The van der Waals surface area contributed by atoms with E-state index in [1.54, 1.807) is 36.5 Å². The Bertz CT molecular complexity index is 933. The molecule has 0 radical (unpaired) electrons. The topological polar surface area (TPSA) is 91.4 Å². The molecule has 7 nitrogen and oxygen atoms in total. The number of urea groups is 1. The summed E-state index contributed by atoms with van der Waals surface area (Å²) in [5.41, 5.74) is 0.546. The van der Waals surface area contributed by atoms with Crippen molar-refractivity contribution in [1.29, 1.82) is 0 Å². The van der Waals surface area contributed by atoms with Crippen LogP contribution in [0.15, 0.2) is 47.6 Å². The zero-order valence-electron chi connectivity index (χ0n) is 14.9. The van der Waals surface area contributed by atoms with Crippen LogP contribution in [0.2, 0.25) is 10.0 Å². The number of piperidine rings is 1. The molecule has 0 spiro atoms. The van der Waals surface area contributed by atoms with Crippen LogP contribution in [-0.2, 0) is 10.0 Å². The summed E-state index contributed by atoms with van der Waals surface area (Å²) >= 11 is 11.8. The monoisotopic (exact) mass is 442 g/mol. The highest BCUT2D eigenvalue weighted by atomic mass is 35.5.